The summed E-state index contributed by atoms with van der Waals surface area (Å²) in [6.45, 7) is 1.21. The van der Waals surface area contributed by atoms with Crippen LogP contribution >= 0.6 is 0 Å². The van der Waals surface area contributed by atoms with Gasteiger partial charge in [-0.2, -0.15) is 0 Å². The smallest absolute Gasteiger partial charge is 0.309 e. The van der Waals surface area contributed by atoms with Crippen molar-refractivity contribution in [2.45, 2.75) is 347 Å². The van der Waals surface area contributed by atoms with Gasteiger partial charge < -0.3 is 19.7 Å². The summed E-state index contributed by atoms with van der Waals surface area (Å²) < 4.78 is 10.6. The molecule has 1 saturated heterocycles. The highest BCUT2D eigenvalue weighted by Crippen LogP contribution is 2.25. The lowest BCUT2D eigenvalue weighted by Gasteiger charge is -2.27. The minimum absolute atomic E-state index is 0.00511. The summed E-state index contributed by atoms with van der Waals surface area (Å²) in [6, 6.07) is 0. The first-order valence-electron chi connectivity index (χ1n) is 31.8. The highest BCUT2D eigenvalue weighted by molar-refractivity contribution is 5.80. The van der Waals surface area contributed by atoms with E-state index >= 15 is 0 Å². The van der Waals surface area contributed by atoms with E-state index in [1.165, 1.54) is 308 Å². The number of cyclic esters (lactones) is 2. The number of hydrogen-bond donors (Lipinski definition) is 2. The molecule has 6 nitrogen and oxygen atoms in total. The zero-order valence-corrected chi connectivity index (χ0v) is 47.1. The molecule has 0 aromatic heterocycles. The van der Waals surface area contributed by atoms with Crippen LogP contribution in [-0.4, -0.2) is 48.6 Å². The summed E-state index contributed by atoms with van der Waals surface area (Å²) >= 11 is 0. The van der Waals surface area contributed by atoms with E-state index in [2.05, 4.69) is 19.1 Å². The van der Waals surface area contributed by atoms with E-state index in [0.29, 0.717) is 6.42 Å². The Labute approximate surface area is 436 Å². The first-order valence-corrected chi connectivity index (χ1v) is 31.8. The molecule has 0 aliphatic carbocycles. The van der Waals surface area contributed by atoms with E-state index in [9.17, 15) is 19.8 Å². The van der Waals surface area contributed by atoms with E-state index in [4.69, 9.17) is 9.47 Å². The molecule has 0 aromatic rings. The molecule has 0 amide bonds. The lowest BCUT2D eigenvalue weighted by Crippen LogP contribution is -2.40. The van der Waals surface area contributed by atoms with Gasteiger partial charge in [0.2, 0.25) is 0 Å². The summed E-state index contributed by atoms with van der Waals surface area (Å²) in [6.07, 6.45) is 77.2. The molecule has 0 spiro atoms. The number of rotatable bonds is 55. The molecular weight excluding hydrogens is 865 g/mol. The van der Waals surface area contributed by atoms with Crippen LogP contribution in [0.1, 0.15) is 347 Å². The average Bonchev–Trinajstić information content (AvgIpc) is 3.43. The average molecular weight is 988 g/mol. The first-order chi connectivity index (χ1) is 34.6. The predicted octanol–water partition coefficient (Wildman–Crippen LogP) is 19.9. The van der Waals surface area contributed by atoms with Gasteiger partial charge in [-0.15, -0.1) is 0 Å². The molecule has 1 unspecified atom stereocenters. The van der Waals surface area contributed by atoms with Gasteiger partial charge in [-0.3, -0.25) is 9.59 Å². The standard InChI is InChI=1S/C64H122O6/c1-2-3-4-5-6-7-8-9-10-11-12-13-14-15-16-17-18-19-20-21-22-23-24-25-26-27-28-29-30-31-32-33-34-35-36-37-38-39-40-41-42-43-44-45-46-47-48-49-50-51-52-53-54-55-61-56-62(67)69-59-64(57-65,58-66)60-70-63(61)68/h11-12,61,65-66H,2-10,13-60H2,1H3/b12-11+. The van der Waals surface area contributed by atoms with Crippen molar-refractivity contribution in [3.05, 3.63) is 12.2 Å². The summed E-state index contributed by atoms with van der Waals surface area (Å²) in [7, 11) is 0. The third-order valence-electron chi connectivity index (χ3n) is 15.8. The van der Waals surface area contributed by atoms with Crippen LogP contribution in [0.5, 0.6) is 0 Å². The van der Waals surface area contributed by atoms with Crippen LogP contribution in [0.25, 0.3) is 0 Å². The Kier molecular flexibility index (Phi) is 51.3. The molecule has 1 heterocycles. The predicted molar refractivity (Wildman–Crippen MR) is 302 cm³/mol. The van der Waals surface area contributed by atoms with Crippen molar-refractivity contribution in [2.75, 3.05) is 26.4 Å². The molecule has 0 bridgehead atoms. The van der Waals surface area contributed by atoms with Crippen LogP contribution in [0.3, 0.4) is 0 Å². The van der Waals surface area contributed by atoms with Crippen molar-refractivity contribution >= 4 is 11.9 Å². The Morgan fingerprint density at radius 1 is 0.371 bits per heavy atom. The van der Waals surface area contributed by atoms with Crippen LogP contribution in [0.15, 0.2) is 12.2 Å². The maximum Gasteiger partial charge on any atom is 0.309 e. The lowest BCUT2D eigenvalue weighted by molar-refractivity contribution is -0.155. The van der Waals surface area contributed by atoms with Gasteiger partial charge in [0, 0.05) is 0 Å². The molecular formula is C64H122O6. The van der Waals surface area contributed by atoms with Gasteiger partial charge in [0.25, 0.3) is 0 Å². The molecule has 0 aromatic carbocycles. The second-order valence-electron chi connectivity index (χ2n) is 22.8. The summed E-state index contributed by atoms with van der Waals surface area (Å²) in [5.74, 6) is -1.40. The number of unbranched alkanes of at least 4 members (excludes halogenated alkanes) is 49. The number of esters is 2. The molecule has 2 N–H and O–H groups in total. The van der Waals surface area contributed by atoms with Gasteiger partial charge in [-0.25, -0.2) is 0 Å². The second kappa shape index (κ2) is 53.9. The molecule has 70 heavy (non-hydrogen) atoms. The number of ether oxygens (including phenoxy) is 2. The Bertz CT molecular complexity index is 1100. The minimum Gasteiger partial charge on any atom is -0.465 e. The van der Waals surface area contributed by atoms with Crippen molar-refractivity contribution in [3.8, 4) is 0 Å². The Morgan fingerprint density at radius 3 is 0.886 bits per heavy atom. The molecule has 1 aliphatic rings. The van der Waals surface area contributed by atoms with E-state index < -0.39 is 36.5 Å². The number of allylic oxidation sites excluding steroid dienone is 2. The minimum atomic E-state index is -1.12. The number of hydrogen-bond acceptors (Lipinski definition) is 6. The first kappa shape index (κ1) is 66.6. The molecule has 0 saturated carbocycles. The maximum absolute atomic E-state index is 12.5. The fraction of sp³-hybridized carbons (Fsp3) is 0.938. The van der Waals surface area contributed by atoms with Crippen LogP contribution in [0.2, 0.25) is 0 Å². The number of carbonyl (C=O) groups excluding carboxylic acids is 2. The SMILES string of the molecule is CCCCCCCCCC/C=C/CCCCCCCCCCCCCCCCCCCCCCCCCCCCCCCCCCCCCCCCCCCC1CC(=O)OCC(CO)(CO)COC1=O. The summed E-state index contributed by atoms with van der Waals surface area (Å²) in [5.41, 5.74) is -1.12. The molecule has 1 atom stereocenters. The number of carbonyl (C=O) groups is 2. The van der Waals surface area contributed by atoms with E-state index in [0.717, 1.165) is 19.3 Å². The van der Waals surface area contributed by atoms with Crippen LogP contribution < -0.4 is 0 Å². The number of aliphatic hydroxyl groups is 2. The van der Waals surface area contributed by atoms with Crippen molar-refractivity contribution in [3.63, 3.8) is 0 Å². The summed E-state index contributed by atoms with van der Waals surface area (Å²) in [5, 5.41) is 19.2. The molecule has 6 heteroatoms. The van der Waals surface area contributed by atoms with Crippen molar-refractivity contribution in [1.29, 1.82) is 0 Å². The monoisotopic (exact) mass is 987 g/mol. The molecule has 414 valence electrons. The Morgan fingerprint density at radius 2 is 0.614 bits per heavy atom. The third-order valence-corrected chi connectivity index (χ3v) is 15.8. The van der Waals surface area contributed by atoms with E-state index in [1.807, 2.05) is 0 Å². The zero-order valence-electron chi connectivity index (χ0n) is 47.1. The Hall–Kier alpha value is -1.40. The van der Waals surface area contributed by atoms with Crippen LogP contribution in [0.4, 0.5) is 0 Å². The van der Waals surface area contributed by atoms with Gasteiger partial charge in [-0.1, -0.05) is 321 Å². The fourth-order valence-corrected chi connectivity index (χ4v) is 10.6. The number of aliphatic hydroxyl groups excluding tert-OH is 2. The zero-order chi connectivity index (χ0) is 50.4. The largest absolute Gasteiger partial charge is 0.465 e. The topological polar surface area (TPSA) is 93.1 Å². The fourth-order valence-electron chi connectivity index (χ4n) is 10.6. The van der Waals surface area contributed by atoms with Crippen LogP contribution in [-0.2, 0) is 19.1 Å². The quantitative estimate of drug-likeness (QED) is 0.0358. The maximum atomic E-state index is 12.5. The van der Waals surface area contributed by atoms with Crippen LogP contribution in [0, 0.1) is 11.3 Å². The van der Waals surface area contributed by atoms with E-state index in [1.54, 1.807) is 0 Å². The highest BCUT2D eigenvalue weighted by atomic mass is 16.6. The lowest BCUT2D eigenvalue weighted by atomic mass is 9.92. The normalized spacial score (nSPS) is 15.3. The summed E-state index contributed by atoms with van der Waals surface area (Å²) in [4.78, 5) is 24.7. The van der Waals surface area contributed by atoms with Gasteiger partial charge in [0.05, 0.1) is 31.0 Å². The molecule has 1 fully saturated rings. The van der Waals surface area contributed by atoms with Gasteiger partial charge >= 0.3 is 11.9 Å². The third kappa shape index (κ3) is 45.2. The Balaban J connectivity index is 1.68. The van der Waals surface area contributed by atoms with Gasteiger partial charge in [-0.05, 0) is 32.1 Å². The van der Waals surface area contributed by atoms with Crippen molar-refractivity contribution < 1.29 is 29.3 Å². The highest BCUT2D eigenvalue weighted by Gasteiger charge is 2.36. The van der Waals surface area contributed by atoms with E-state index in [-0.39, 0.29) is 19.6 Å². The van der Waals surface area contributed by atoms with Gasteiger partial charge in [0.15, 0.2) is 0 Å². The molecule has 0 radical (unpaired) electrons. The van der Waals surface area contributed by atoms with Gasteiger partial charge in [0.1, 0.15) is 13.2 Å². The van der Waals surface area contributed by atoms with Crippen molar-refractivity contribution in [1.82, 2.24) is 0 Å². The van der Waals surface area contributed by atoms with Crippen molar-refractivity contribution in [2.24, 2.45) is 11.3 Å². The molecule has 1 rings (SSSR count). The second-order valence-corrected chi connectivity index (χ2v) is 22.8. The molecule has 1 aliphatic heterocycles.